The van der Waals surface area contributed by atoms with Crippen LogP contribution in [0.25, 0.3) is 10.9 Å². The van der Waals surface area contributed by atoms with Crippen LogP contribution in [0.4, 0.5) is 0 Å². The lowest BCUT2D eigenvalue weighted by atomic mass is 10.1. The average molecular weight is 260 g/mol. The lowest BCUT2D eigenvalue weighted by molar-refractivity contribution is 0.574. The summed E-state index contributed by atoms with van der Waals surface area (Å²) in [4.78, 5) is 26.2. The van der Waals surface area contributed by atoms with Crippen LogP contribution < -0.4 is 11.2 Å². The van der Waals surface area contributed by atoms with E-state index in [0.29, 0.717) is 11.9 Å². The Morgan fingerprint density at radius 2 is 1.95 bits per heavy atom. The molecule has 1 aromatic heterocycles. The molecular weight excluding hydrogens is 240 g/mol. The maximum Gasteiger partial charge on any atom is 0.328 e. The van der Waals surface area contributed by atoms with E-state index in [0.717, 1.165) is 23.9 Å². The summed E-state index contributed by atoms with van der Waals surface area (Å²) in [5.74, 6) is 0. The minimum absolute atomic E-state index is 0.289. The van der Waals surface area contributed by atoms with Crippen LogP contribution in [0, 0.1) is 6.92 Å². The number of nitrogens with zero attached hydrogens (tertiary/aromatic N) is 1. The fraction of sp³-hybridized carbons (Fsp3) is 0.467. The zero-order valence-electron chi connectivity index (χ0n) is 11.5. The van der Waals surface area contributed by atoms with Gasteiger partial charge in [-0.05, 0) is 25.0 Å². The molecule has 0 amide bonds. The van der Waals surface area contributed by atoms with Gasteiger partial charge in [0.05, 0.1) is 10.9 Å². The summed E-state index contributed by atoms with van der Waals surface area (Å²) in [7, 11) is 0. The van der Waals surface area contributed by atoms with Crippen LogP contribution in [0.1, 0.15) is 38.2 Å². The highest BCUT2D eigenvalue weighted by atomic mass is 16.2. The van der Waals surface area contributed by atoms with E-state index in [2.05, 4.69) is 11.9 Å². The zero-order valence-corrected chi connectivity index (χ0v) is 11.5. The molecule has 1 N–H and O–H groups in total. The summed E-state index contributed by atoms with van der Waals surface area (Å²) in [6.07, 6.45) is 4.41. The molecule has 0 saturated heterocycles. The molecule has 0 spiro atoms. The monoisotopic (exact) mass is 260 g/mol. The van der Waals surface area contributed by atoms with Crippen molar-refractivity contribution >= 4 is 10.9 Å². The minimum Gasteiger partial charge on any atom is -0.293 e. The van der Waals surface area contributed by atoms with Crippen molar-refractivity contribution in [2.24, 2.45) is 0 Å². The van der Waals surface area contributed by atoms with E-state index in [9.17, 15) is 9.59 Å². The van der Waals surface area contributed by atoms with E-state index in [4.69, 9.17) is 0 Å². The molecule has 0 atom stereocenters. The van der Waals surface area contributed by atoms with Gasteiger partial charge in [0.1, 0.15) is 0 Å². The molecule has 0 aliphatic carbocycles. The van der Waals surface area contributed by atoms with Crippen molar-refractivity contribution in [2.75, 3.05) is 0 Å². The first-order chi connectivity index (χ1) is 9.15. The summed E-state index contributed by atoms with van der Waals surface area (Å²) in [5, 5.41) is 0.623. The zero-order chi connectivity index (χ0) is 13.8. The third-order valence-electron chi connectivity index (χ3n) is 3.47. The lowest BCUT2D eigenvalue weighted by Crippen LogP contribution is -2.30. The normalized spacial score (nSPS) is 11.1. The van der Waals surface area contributed by atoms with Crippen molar-refractivity contribution < 1.29 is 0 Å². The fourth-order valence-electron chi connectivity index (χ4n) is 2.43. The van der Waals surface area contributed by atoms with Crippen LogP contribution in [-0.2, 0) is 6.54 Å². The highest BCUT2D eigenvalue weighted by molar-refractivity contribution is 5.81. The topological polar surface area (TPSA) is 54.9 Å². The summed E-state index contributed by atoms with van der Waals surface area (Å²) in [6, 6.07) is 5.63. The number of H-pyrrole nitrogens is 1. The first-order valence-electron chi connectivity index (χ1n) is 6.87. The number of aromatic nitrogens is 2. The number of rotatable bonds is 5. The molecule has 19 heavy (non-hydrogen) atoms. The Morgan fingerprint density at radius 1 is 1.16 bits per heavy atom. The average Bonchev–Trinajstić information content (AvgIpc) is 2.37. The predicted octanol–water partition coefficient (Wildman–Crippen LogP) is 2.58. The van der Waals surface area contributed by atoms with Crippen molar-refractivity contribution in [1.82, 2.24) is 9.55 Å². The van der Waals surface area contributed by atoms with Gasteiger partial charge in [-0.3, -0.25) is 14.3 Å². The van der Waals surface area contributed by atoms with Crippen LogP contribution >= 0.6 is 0 Å². The molecule has 0 radical (unpaired) electrons. The first-order valence-corrected chi connectivity index (χ1v) is 6.87. The maximum absolute atomic E-state index is 11.9. The van der Waals surface area contributed by atoms with Crippen molar-refractivity contribution in [2.45, 2.75) is 46.1 Å². The standard InChI is InChI=1S/C15H20N2O2/c1-3-4-5-6-10-17-12-9-7-8-11(2)13(12)14(18)16-15(17)19/h7-9H,3-6,10H2,1-2H3,(H,16,18,19). The van der Waals surface area contributed by atoms with Gasteiger partial charge in [-0.1, -0.05) is 38.3 Å². The largest absolute Gasteiger partial charge is 0.328 e. The van der Waals surface area contributed by atoms with E-state index >= 15 is 0 Å². The Bertz CT molecular complexity index is 683. The van der Waals surface area contributed by atoms with Gasteiger partial charge < -0.3 is 0 Å². The maximum atomic E-state index is 11.9. The quantitative estimate of drug-likeness (QED) is 0.840. The van der Waals surface area contributed by atoms with Gasteiger partial charge in [0, 0.05) is 6.54 Å². The highest BCUT2D eigenvalue weighted by Crippen LogP contribution is 2.13. The summed E-state index contributed by atoms with van der Waals surface area (Å²) in [5.41, 5.74) is 1.05. The Balaban J connectivity index is 2.46. The van der Waals surface area contributed by atoms with Crippen molar-refractivity contribution in [3.8, 4) is 0 Å². The molecular formula is C15H20N2O2. The Labute approximate surface area is 112 Å². The van der Waals surface area contributed by atoms with Crippen LogP contribution in [0.15, 0.2) is 27.8 Å². The van der Waals surface area contributed by atoms with E-state index in [1.165, 1.54) is 12.8 Å². The van der Waals surface area contributed by atoms with Crippen molar-refractivity contribution in [3.05, 3.63) is 44.6 Å². The SMILES string of the molecule is CCCCCCn1c(=O)[nH]c(=O)c2c(C)cccc21. The van der Waals surface area contributed by atoms with Crippen molar-refractivity contribution in [3.63, 3.8) is 0 Å². The fourth-order valence-corrected chi connectivity index (χ4v) is 2.43. The Hall–Kier alpha value is -1.84. The third-order valence-corrected chi connectivity index (χ3v) is 3.47. The molecule has 102 valence electrons. The van der Waals surface area contributed by atoms with E-state index < -0.39 is 0 Å². The van der Waals surface area contributed by atoms with Gasteiger partial charge in [-0.2, -0.15) is 0 Å². The van der Waals surface area contributed by atoms with Crippen molar-refractivity contribution in [1.29, 1.82) is 0 Å². The smallest absolute Gasteiger partial charge is 0.293 e. The number of nitrogens with one attached hydrogen (secondary N) is 1. The molecule has 2 rings (SSSR count). The molecule has 2 aromatic rings. The van der Waals surface area contributed by atoms with Crippen LogP contribution in [-0.4, -0.2) is 9.55 Å². The molecule has 0 bridgehead atoms. The number of benzene rings is 1. The molecule has 1 aromatic carbocycles. The summed E-state index contributed by atoms with van der Waals surface area (Å²) in [6.45, 7) is 4.71. The molecule has 0 unspecified atom stereocenters. The molecule has 0 aliphatic heterocycles. The molecule has 0 fully saturated rings. The highest BCUT2D eigenvalue weighted by Gasteiger charge is 2.08. The van der Waals surface area contributed by atoms with Gasteiger partial charge in [0.25, 0.3) is 5.56 Å². The van der Waals surface area contributed by atoms with E-state index in [-0.39, 0.29) is 11.2 Å². The second-order valence-electron chi connectivity index (χ2n) is 4.94. The minimum atomic E-state index is -0.306. The van der Waals surface area contributed by atoms with E-state index in [1.54, 1.807) is 4.57 Å². The number of aryl methyl sites for hydroxylation is 2. The third kappa shape index (κ3) is 2.78. The number of hydrogen-bond acceptors (Lipinski definition) is 2. The molecule has 0 saturated carbocycles. The van der Waals surface area contributed by atoms with Gasteiger partial charge in [0.2, 0.25) is 0 Å². The van der Waals surface area contributed by atoms with Gasteiger partial charge in [-0.15, -0.1) is 0 Å². The molecule has 4 heteroatoms. The first kappa shape index (κ1) is 13.6. The number of aromatic amines is 1. The molecule has 0 aliphatic rings. The van der Waals surface area contributed by atoms with Gasteiger partial charge in [-0.25, -0.2) is 4.79 Å². The van der Waals surface area contributed by atoms with Crippen LogP contribution in [0.5, 0.6) is 0 Å². The van der Waals surface area contributed by atoms with Crippen LogP contribution in [0.3, 0.4) is 0 Å². The summed E-state index contributed by atoms with van der Waals surface area (Å²) >= 11 is 0. The number of unbranched alkanes of at least 4 members (excludes halogenated alkanes) is 3. The number of hydrogen-bond donors (Lipinski definition) is 1. The predicted molar refractivity (Wildman–Crippen MR) is 77.7 cm³/mol. The molecule has 1 heterocycles. The lowest BCUT2D eigenvalue weighted by Gasteiger charge is -2.10. The number of fused-ring (bicyclic) bond motifs is 1. The van der Waals surface area contributed by atoms with E-state index in [1.807, 2.05) is 25.1 Å². The Morgan fingerprint density at radius 3 is 2.68 bits per heavy atom. The second-order valence-corrected chi connectivity index (χ2v) is 4.94. The van der Waals surface area contributed by atoms with Crippen LogP contribution in [0.2, 0.25) is 0 Å². The Kier molecular flexibility index (Phi) is 4.20. The van der Waals surface area contributed by atoms with Gasteiger partial charge in [0.15, 0.2) is 0 Å². The summed E-state index contributed by atoms with van der Waals surface area (Å²) < 4.78 is 1.68. The van der Waals surface area contributed by atoms with Gasteiger partial charge >= 0.3 is 5.69 Å². The molecule has 4 nitrogen and oxygen atoms in total. The second kappa shape index (κ2) is 5.87.